The van der Waals surface area contributed by atoms with Crippen molar-refractivity contribution in [2.75, 3.05) is 6.54 Å². The van der Waals surface area contributed by atoms with Crippen molar-refractivity contribution >= 4 is 11.4 Å². The number of hydrogen-bond donors (Lipinski definition) is 1. The van der Waals surface area contributed by atoms with Crippen LogP contribution in [0.3, 0.4) is 0 Å². The molecule has 0 radical (unpaired) electrons. The maximum atomic E-state index is 13.5. The van der Waals surface area contributed by atoms with E-state index in [4.69, 9.17) is 9.52 Å². The number of aromatic nitrogens is 8. The van der Waals surface area contributed by atoms with Gasteiger partial charge < -0.3 is 18.9 Å². The van der Waals surface area contributed by atoms with Gasteiger partial charge in [0.2, 0.25) is 0 Å². The molecule has 1 N–H and O–H groups in total. The molecule has 11 heteroatoms. The number of nitrogens with zero attached hydrogens (tertiary/aromatic N) is 8. The van der Waals surface area contributed by atoms with Gasteiger partial charge in [-0.15, -0.1) is 10.2 Å². The fourth-order valence-corrected chi connectivity index (χ4v) is 4.20. The average Bonchev–Trinajstić information content (AvgIpc) is 3.57. The normalized spacial score (nSPS) is 15.9. The smallest absolute Gasteiger partial charge is 0.312 e. The number of fused-ring (bicyclic) bond motifs is 2. The topological polar surface area (TPSA) is 123 Å². The Morgan fingerprint density at radius 1 is 1.31 bits per heavy atom. The first-order valence-corrected chi connectivity index (χ1v) is 10.2. The molecule has 0 aromatic carbocycles. The van der Waals surface area contributed by atoms with E-state index >= 15 is 0 Å². The highest BCUT2D eigenvalue weighted by Gasteiger charge is 2.38. The molecule has 0 bridgehead atoms. The van der Waals surface area contributed by atoms with Crippen molar-refractivity contribution in [3.05, 3.63) is 71.8 Å². The van der Waals surface area contributed by atoms with E-state index in [1.165, 1.54) is 0 Å². The van der Waals surface area contributed by atoms with Gasteiger partial charge >= 0.3 is 11.8 Å². The number of amides is 1. The molecule has 11 nitrogen and oxygen atoms in total. The molecule has 5 aromatic heterocycles. The van der Waals surface area contributed by atoms with Gasteiger partial charge in [-0.2, -0.15) is 5.10 Å². The standard InChI is InChI=1S/C21H19N9O2/c1-12-4-3-6-30-15(12)8-14(27-30)18-17-13(23-10-24-17)5-7-29(18)21(31)20-26-25-19(32-20)16-9-22-11-28(16)2/h3-4,6,8-11,18H,5,7H2,1-2H3,(H,23,24). The summed E-state index contributed by atoms with van der Waals surface area (Å²) in [6.45, 7) is 2.50. The molecule has 0 spiro atoms. The number of hydrogen-bond acceptors (Lipinski definition) is 7. The minimum Gasteiger partial charge on any atom is -0.411 e. The van der Waals surface area contributed by atoms with Gasteiger partial charge in [-0.25, -0.2) is 14.5 Å². The molecule has 1 amide bonds. The largest absolute Gasteiger partial charge is 0.411 e. The highest BCUT2D eigenvalue weighted by atomic mass is 16.4. The zero-order valence-electron chi connectivity index (χ0n) is 17.4. The Morgan fingerprint density at radius 2 is 2.22 bits per heavy atom. The first kappa shape index (κ1) is 18.5. The second-order valence-corrected chi connectivity index (χ2v) is 7.81. The number of aromatic amines is 1. The van der Waals surface area contributed by atoms with Gasteiger partial charge in [0, 0.05) is 31.9 Å². The van der Waals surface area contributed by atoms with E-state index in [9.17, 15) is 4.79 Å². The average molecular weight is 429 g/mol. The second-order valence-electron chi connectivity index (χ2n) is 7.81. The van der Waals surface area contributed by atoms with Gasteiger partial charge in [0.15, 0.2) is 0 Å². The lowest BCUT2D eigenvalue weighted by molar-refractivity contribution is 0.0646. The van der Waals surface area contributed by atoms with E-state index in [-0.39, 0.29) is 17.7 Å². The second kappa shape index (κ2) is 6.87. The third-order valence-electron chi connectivity index (χ3n) is 5.84. The molecule has 32 heavy (non-hydrogen) atoms. The molecule has 6 heterocycles. The number of rotatable bonds is 3. The van der Waals surface area contributed by atoms with Crippen molar-refractivity contribution < 1.29 is 9.21 Å². The third-order valence-corrected chi connectivity index (χ3v) is 5.84. The van der Waals surface area contributed by atoms with Gasteiger partial charge in [0.25, 0.3) is 5.89 Å². The number of aryl methyl sites for hydroxylation is 2. The molecular formula is C21H19N9O2. The van der Waals surface area contributed by atoms with Crippen molar-refractivity contribution in [3.63, 3.8) is 0 Å². The molecule has 1 unspecified atom stereocenters. The molecule has 1 aliphatic rings. The van der Waals surface area contributed by atoms with Gasteiger partial charge in [-0.1, -0.05) is 6.07 Å². The SMILES string of the molecule is Cc1cccn2nc(C3c4nc[nH]c4CCN3C(=O)c3nnc(-c4cncn4C)o3)cc12. The summed E-state index contributed by atoms with van der Waals surface area (Å²) in [5, 5.41) is 12.8. The Bertz CT molecular complexity index is 1460. The van der Waals surface area contributed by atoms with E-state index in [0.29, 0.717) is 18.7 Å². The Balaban J connectivity index is 1.42. The van der Waals surface area contributed by atoms with Crippen molar-refractivity contribution in [3.8, 4) is 11.6 Å². The molecule has 5 aromatic rings. The predicted molar refractivity (Wildman–Crippen MR) is 112 cm³/mol. The van der Waals surface area contributed by atoms with Gasteiger partial charge in [0.1, 0.15) is 11.7 Å². The summed E-state index contributed by atoms with van der Waals surface area (Å²) < 4.78 is 9.30. The van der Waals surface area contributed by atoms with E-state index in [2.05, 4.69) is 25.1 Å². The Morgan fingerprint density at radius 3 is 3.03 bits per heavy atom. The summed E-state index contributed by atoms with van der Waals surface area (Å²) in [7, 11) is 1.82. The molecule has 0 aliphatic carbocycles. The molecule has 1 aliphatic heterocycles. The fraction of sp³-hybridized carbons (Fsp3) is 0.238. The molecule has 0 fully saturated rings. The molecule has 1 atom stereocenters. The lowest BCUT2D eigenvalue weighted by Gasteiger charge is -2.32. The van der Waals surface area contributed by atoms with E-state index in [1.807, 2.05) is 42.9 Å². The van der Waals surface area contributed by atoms with Gasteiger partial charge in [-0.05, 0) is 24.6 Å². The number of nitrogens with one attached hydrogen (secondary N) is 1. The number of H-pyrrole nitrogens is 1. The maximum Gasteiger partial charge on any atom is 0.312 e. The van der Waals surface area contributed by atoms with Crippen molar-refractivity contribution in [1.82, 2.24) is 44.2 Å². The Kier molecular flexibility index (Phi) is 3.97. The lowest BCUT2D eigenvalue weighted by Crippen LogP contribution is -2.41. The van der Waals surface area contributed by atoms with Crippen LogP contribution in [0.25, 0.3) is 17.1 Å². The van der Waals surface area contributed by atoms with Crippen LogP contribution < -0.4 is 0 Å². The molecule has 0 saturated carbocycles. The van der Waals surface area contributed by atoms with Crippen LogP contribution in [-0.2, 0) is 13.5 Å². The van der Waals surface area contributed by atoms with Gasteiger partial charge in [0.05, 0.1) is 35.8 Å². The summed E-state index contributed by atoms with van der Waals surface area (Å²) in [4.78, 5) is 27.0. The highest BCUT2D eigenvalue weighted by Crippen LogP contribution is 2.34. The van der Waals surface area contributed by atoms with Crippen LogP contribution in [0.4, 0.5) is 0 Å². The minimum atomic E-state index is -0.469. The summed E-state index contributed by atoms with van der Waals surface area (Å²) in [6, 6.07) is 5.51. The number of carbonyl (C=O) groups excluding carboxylic acids is 1. The summed E-state index contributed by atoms with van der Waals surface area (Å²) in [6.07, 6.45) is 7.43. The molecule has 160 valence electrons. The zero-order valence-corrected chi connectivity index (χ0v) is 17.4. The van der Waals surface area contributed by atoms with Crippen LogP contribution in [0.5, 0.6) is 0 Å². The third kappa shape index (κ3) is 2.74. The van der Waals surface area contributed by atoms with Gasteiger partial charge in [-0.3, -0.25) is 4.79 Å². The van der Waals surface area contributed by atoms with Crippen LogP contribution >= 0.6 is 0 Å². The number of pyridine rings is 1. The Hall–Kier alpha value is -4.28. The summed E-state index contributed by atoms with van der Waals surface area (Å²) >= 11 is 0. The predicted octanol–water partition coefficient (Wildman–Crippen LogP) is 1.94. The van der Waals surface area contributed by atoms with Crippen LogP contribution in [0, 0.1) is 6.92 Å². The number of imidazole rings is 2. The molecule has 0 saturated heterocycles. The summed E-state index contributed by atoms with van der Waals surface area (Å²) in [5.74, 6) is -0.200. The first-order chi connectivity index (χ1) is 15.6. The minimum absolute atomic E-state index is 0.0786. The zero-order chi connectivity index (χ0) is 21.8. The first-order valence-electron chi connectivity index (χ1n) is 10.2. The van der Waals surface area contributed by atoms with Crippen molar-refractivity contribution in [1.29, 1.82) is 0 Å². The molecule has 6 rings (SSSR count). The number of carbonyl (C=O) groups is 1. The van der Waals surface area contributed by atoms with Crippen molar-refractivity contribution in [2.24, 2.45) is 7.05 Å². The van der Waals surface area contributed by atoms with Crippen LogP contribution in [0.2, 0.25) is 0 Å². The highest BCUT2D eigenvalue weighted by molar-refractivity contribution is 5.90. The maximum absolute atomic E-state index is 13.5. The van der Waals surface area contributed by atoms with E-state index < -0.39 is 6.04 Å². The Labute approximate surface area is 181 Å². The monoisotopic (exact) mass is 429 g/mol. The van der Waals surface area contributed by atoms with E-state index in [0.717, 1.165) is 28.2 Å². The summed E-state index contributed by atoms with van der Waals surface area (Å²) in [5.41, 5.74) is 5.21. The quantitative estimate of drug-likeness (QED) is 0.465. The molecular weight excluding hydrogens is 410 g/mol. The van der Waals surface area contributed by atoms with E-state index in [1.54, 1.807) is 28.3 Å². The van der Waals surface area contributed by atoms with Crippen LogP contribution in [0.1, 0.15) is 39.4 Å². The fourth-order valence-electron chi connectivity index (χ4n) is 4.20. The van der Waals surface area contributed by atoms with Crippen LogP contribution in [0.15, 0.2) is 47.7 Å². The van der Waals surface area contributed by atoms with Crippen molar-refractivity contribution in [2.45, 2.75) is 19.4 Å². The lowest BCUT2D eigenvalue weighted by atomic mass is 9.99. The van der Waals surface area contributed by atoms with Crippen LogP contribution in [-0.4, -0.2) is 56.7 Å².